The summed E-state index contributed by atoms with van der Waals surface area (Å²) in [4.78, 5) is 12.0. The summed E-state index contributed by atoms with van der Waals surface area (Å²) in [6, 6.07) is 17.7. The zero-order valence-electron chi connectivity index (χ0n) is 14.2. The van der Waals surface area contributed by atoms with E-state index in [2.05, 4.69) is 10.4 Å². The van der Waals surface area contributed by atoms with Crippen molar-refractivity contribution in [2.24, 2.45) is 0 Å². The molecule has 0 atom stereocenters. The lowest BCUT2D eigenvalue weighted by Gasteiger charge is -2.05. The van der Waals surface area contributed by atoms with Gasteiger partial charge in [0.2, 0.25) is 5.91 Å². The van der Waals surface area contributed by atoms with E-state index in [0.717, 1.165) is 22.6 Å². The van der Waals surface area contributed by atoms with Crippen LogP contribution in [0.2, 0.25) is 0 Å². The molecule has 0 spiro atoms. The molecule has 0 unspecified atom stereocenters. The molecule has 0 bridgehead atoms. The molecule has 5 nitrogen and oxygen atoms in total. The maximum atomic E-state index is 12.0. The molecule has 3 aromatic rings. The van der Waals surface area contributed by atoms with Gasteiger partial charge in [-0.05, 0) is 36.2 Å². The Morgan fingerprint density at radius 1 is 1.08 bits per heavy atom. The number of nitrogens with zero attached hydrogens (tertiary/aromatic N) is 2. The van der Waals surface area contributed by atoms with Crippen molar-refractivity contribution < 1.29 is 9.53 Å². The van der Waals surface area contributed by atoms with E-state index in [4.69, 9.17) is 4.74 Å². The van der Waals surface area contributed by atoms with E-state index in [1.807, 2.05) is 60.8 Å². The minimum atomic E-state index is 0.0308. The van der Waals surface area contributed by atoms with Crippen LogP contribution in [0.1, 0.15) is 17.5 Å². The van der Waals surface area contributed by atoms with E-state index in [0.29, 0.717) is 19.4 Å². The highest BCUT2D eigenvalue weighted by Gasteiger charge is 2.05. The Kier molecular flexibility index (Phi) is 5.46. The van der Waals surface area contributed by atoms with Crippen molar-refractivity contribution in [1.82, 2.24) is 15.1 Å². The number of aryl methyl sites for hydroxylation is 1. The molecule has 128 valence electrons. The predicted molar refractivity (Wildman–Crippen MR) is 96.7 cm³/mol. The number of benzene rings is 2. The molecular formula is C20H21N3O2. The van der Waals surface area contributed by atoms with Gasteiger partial charge in [-0.15, -0.1) is 0 Å². The van der Waals surface area contributed by atoms with Gasteiger partial charge in [0.25, 0.3) is 0 Å². The van der Waals surface area contributed by atoms with E-state index in [-0.39, 0.29) is 5.91 Å². The van der Waals surface area contributed by atoms with E-state index in [1.54, 1.807) is 18.0 Å². The number of rotatable bonds is 7. The molecule has 1 heterocycles. The van der Waals surface area contributed by atoms with Gasteiger partial charge < -0.3 is 10.1 Å². The topological polar surface area (TPSA) is 56.1 Å². The van der Waals surface area contributed by atoms with Crippen LogP contribution in [0.5, 0.6) is 5.75 Å². The van der Waals surface area contributed by atoms with Gasteiger partial charge in [0.15, 0.2) is 0 Å². The predicted octanol–water partition coefficient (Wildman–Crippen LogP) is 3.13. The Balaban J connectivity index is 1.46. The summed E-state index contributed by atoms with van der Waals surface area (Å²) in [5.74, 6) is 0.854. The van der Waals surface area contributed by atoms with Crippen LogP contribution >= 0.6 is 0 Å². The number of hydrogen-bond acceptors (Lipinski definition) is 3. The summed E-state index contributed by atoms with van der Waals surface area (Å²) in [6.07, 6.45) is 4.87. The van der Waals surface area contributed by atoms with Crippen molar-refractivity contribution in [1.29, 1.82) is 0 Å². The molecule has 0 aliphatic heterocycles. The maximum Gasteiger partial charge on any atom is 0.220 e. The number of hydrogen-bond donors (Lipinski definition) is 1. The highest BCUT2D eigenvalue weighted by Crippen LogP contribution is 2.12. The summed E-state index contributed by atoms with van der Waals surface area (Å²) in [6.45, 7) is 0.480. The number of ether oxygens (including phenoxy) is 1. The maximum absolute atomic E-state index is 12.0. The highest BCUT2D eigenvalue weighted by molar-refractivity contribution is 5.76. The first-order chi connectivity index (χ1) is 12.2. The Hall–Kier alpha value is -3.08. The monoisotopic (exact) mass is 335 g/mol. The van der Waals surface area contributed by atoms with E-state index in [1.165, 1.54) is 0 Å². The van der Waals surface area contributed by atoms with Gasteiger partial charge in [0.1, 0.15) is 5.75 Å². The third-order valence-electron chi connectivity index (χ3n) is 3.95. The summed E-state index contributed by atoms with van der Waals surface area (Å²) >= 11 is 0. The number of carbonyl (C=O) groups excluding carboxylic acids is 1. The molecular weight excluding hydrogens is 314 g/mol. The third kappa shape index (κ3) is 4.70. The zero-order valence-corrected chi connectivity index (χ0v) is 14.2. The summed E-state index contributed by atoms with van der Waals surface area (Å²) in [5.41, 5.74) is 3.09. The molecule has 3 rings (SSSR count). The van der Waals surface area contributed by atoms with Crippen molar-refractivity contribution in [3.8, 4) is 11.4 Å². The average Bonchev–Trinajstić information content (AvgIpc) is 3.15. The van der Waals surface area contributed by atoms with E-state index < -0.39 is 0 Å². The van der Waals surface area contributed by atoms with Crippen molar-refractivity contribution in [3.05, 3.63) is 78.1 Å². The molecule has 0 radical (unpaired) electrons. The standard InChI is InChI=1S/C20H21N3O2/c1-25-19-10-7-16(8-11-19)9-12-20(24)21-13-17-14-22-23(15-17)18-5-3-2-4-6-18/h2-8,10-11,14-15H,9,12-13H2,1H3,(H,21,24). The lowest BCUT2D eigenvalue weighted by Crippen LogP contribution is -2.22. The molecule has 1 aromatic heterocycles. The molecule has 25 heavy (non-hydrogen) atoms. The molecule has 0 fully saturated rings. The quantitative estimate of drug-likeness (QED) is 0.722. The van der Waals surface area contributed by atoms with Gasteiger partial charge >= 0.3 is 0 Å². The van der Waals surface area contributed by atoms with Crippen LogP contribution in [-0.2, 0) is 17.8 Å². The van der Waals surface area contributed by atoms with Gasteiger partial charge in [0.05, 0.1) is 19.0 Å². The number of aromatic nitrogens is 2. The van der Waals surface area contributed by atoms with Gasteiger partial charge in [-0.3, -0.25) is 4.79 Å². The molecule has 0 saturated carbocycles. The van der Waals surface area contributed by atoms with Crippen molar-refractivity contribution in [2.45, 2.75) is 19.4 Å². The van der Waals surface area contributed by atoms with Crippen LogP contribution in [0.4, 0.5) is 0 Å². The van der Waals surface area contributed by atoms with Crippen LogP contribution in [0.3, 0.4) is 0 Å². The highest BCUT2D eigenvalue weighted by atomic mass is 16.5. The van der Waals surface area contributed by atoms with Gasteiger partial charge in [0, 0.05) is 24.7 Å². The SMILES string of the molecule is COc1ccc(CCC(=O)NCc2cnn(-c3ccccc3)c2)cc1. The molecule has 1 N–H and O–H groups in total. The van der Waals surface area contributed by atoms with E-state index in [9.17, 15) is 4.79 Å². The first-order valence-corrected chi connectivity index (χ1v) is 8.23. The first kappa shape index (κ1) is 16.8. The van der Waals surface area contributed by atoms with Crippen LogP contribution in [0, 0.1) is 0 Å². The largest absolute Gasteiger partial charge is 0.497 e. The number of para-hydroxylation sites is 1. The summed E-state index contributed by atoms with van der Waals surface area (Å²) in [7, 11) is 1.64. The van der Waals surface area contributed by atoms with Gasteiger partial charge in [-0.2, -0.15) is 5.10 Å². The number of methoxy groups -OCH3 is 1. The first-order valence-electron chi connectivity index (χ1n) is 8.23. The zero-order chi connectivity index (χ0) is 17.5. The second kappa shape index (κ2) is 8.15. The molecule has 0 aliphatic carbocycles. The Morgan fingerprint density at radius 3 is 2.56 bits per heavy atom. The van der Waals surface area contributed by atoms with Crippen LogP contribution in [-0.4, -0.2) is 22.8 Å². The second-order valence-electron chi connectivity index (χ2n) is 5.75. The van der Waals surface area contributed by atoms with Gasteiger partial charge in [-0.25, -0.2) is 4.68 Å². The fourth-order valence-electron chi connectivity index (χ4n) is 2.51. The van der Waals surface area contributed by atoms with Crippen molar-refractivity contribution in [2.75, 3.05) is 7.11 Å². The van der Waals surface area contributed by atoms with Crippen LogP contribution in [0.15, 0.2) is 67.0 Å². The Morgan fingerprint density at radius 2 is 1.84 bits per heavy atom. The normalized spacial score (nSPS) is 10.4. The van der Waals surface area contributed by atoms with E-state index >= 15 is 0 Å². The summed E-state index contributed by atoms with van der Waals surface area (Å²) in [5, 5.41) is 7.27. The number of nitrogens with one attached hydrogen (secondary N) is 1. The average molecular weight is 335 g/mol. The molecule has 0 aliphatic rings. The smallest absolute Gasteiger partial charge is 0.220 e. The fraction of sp³-hybridized carbons (Fsp3) is 0.200. The number of amides is 1. The molecule has 1 amide bonds. The lowest BCUT2D eigenvalue weighted by molar-refractivity contribution is -0.121. The fourth-order valence-corrected chi connectivity index (χ4v) is 2.51. The van der Waals surface area contributed by atoms with Crippen LogP contribution in [0.25, 0.3) is 5.69 Å². The summed E-state index contributed by atoms with van der Waals surface area (Å²) < 4.78 is 6.93. The molecule has 2 aromatic carbocycles. The van der Waals surface area contributed by atoms with Crippen molar-refractivity contribution in [3.63, 3.8) is 0 Å². The molecule has 0 saturated heterocycles. The Labute approximate surface area is 147 Å². The minimum Gasteiger partial charge on any atom is -0.497 e. The minimum absolute atomic E-state index is 0.0308. The number of carbonyl (C=O) groups is 1. The Bertz CT molecular complexity index is 810. The van der Waals surface area contributed by atoms with Crippen LogP contribution < -0.4 is 10.1 Å². The lowest BCUT2D eigenvalue weighted by atomic mass is 10.1. The van der Waals surface area contributed by atoms with Gasteiger partial charge in [-0.1, -0.05) is 30.3 Å². The second-order valence-corrected chi connectivity index (χ2v) is 5.75. The third-order valence-corrected chi connectivity index (χ3v) is 3.95. The van der Waals surface area contributed by atoms with Crippen molar-refractivity contribution >= 4 is 5.91 Å². The molecule has 5 heteroatoms.